The lowest BCUT2D eigenvalue weighted by atomic mass is 10.0. The van der Waals surface area contributed by atoms with Gasteiger partial charge in [-0.15, -0.1) is 0 Å². The van der Waals surface area contributed by atoms with Gasteiger partial charge in [-0.25, -0.2) is 4.98 Å². The third-order valence-electron chi connectivity index (χ3n) is 3.94. The number of nitrogens with one attached hydrogen (secondary N) is 2. The number of quaternary nitrogens is 1. The van der Waals surface area contributed by atoms with Gasteiger partial charge in [-0.3, -0.25) is 4.79 Å². The van der Waals surface area contributed by atoms with Crippen LogP contribution in [0.5, 0.6) is 0 Å². The molecule has 1 amide bonds. The van der Waals surface area contributed by atoms with Crippen LogP contribution in [-0.2, 0) is 0 Å². The molecule has 0 saturated heterocycles. The normalized spacial score (nSPS) is 11.0. The van der Waals surface area contributed by atoms with E-state index in [1.54, 1.807) is 0 Å². The third kappa shape index (κ3) is 3.60. The number of nitrogens with zero attached hydrogens (tertiary/aromatic N) is 1. The highest BCUT2D eigenvalue weighted by Gasteiger charge is 2.13. The molecule has 3 rings (SSSR count). The number of hydrogen-bond donors (Lipinski definition) is 2. The number of likely N-dealkylation sites (N-methyl/N-ethyl adjacent to an activating group) is 1. The van der Waals surface area contributed by atoms with Crippen LogP contribution in [0.4, 0.5) is 0 Å². The molecule has 4 heteroatoms. The van der Waals surface area contributed by atoms with E-state index in [0.29, 0.717) is 12.1 Å². The zero-order valence-corrected chi connectivity index (χ0v) is 14.0. The van der Waals surface area contributed by atoms with Crippen molar-refractivity contribution in [1.29, 1.82) is 0 Å². The highest BCUT2D eigenvalue weighted by atomic mass is 16.1. The minimum absolute atomic E-state index is 0.0490. The first-order chi connectivity index (χ1) is 11.6. The molecule has 0 aliphatic heterocycles. The van der Waals surface area contributed by atoms with Crippen LogP contribution in [0.15, 0.2) is 60.7 Å². The third-order valence-corrected chi connectivity index (χ3v) is 3.94. The second kappa shape index (κ2) is 7.23. The zero-order chi connectivity index (χ0) is 16.9. The van der Waals surface area contributed by atoms with Crippen LogP contribution in [0.3, 0.4) is 0 Å². The zero-order valence-electron chi connectivity index (χ0n) is 14.0. The maximum atomic E-state index is 12.7. The maximum absolute atomic E-state index is 12.7. The molecular formula is C20H22N3O+. The van der Waals surface area contributed by atoms with Crippen molar-refractivity contribution >= 4 is 16.8 Å². The molecule has 4 nitrogen and oxygen atoms in total. The second-order valence-electron chi connectivity index (χ2n) is 6.15. The van der Waals surface area contributed by atoms with Gasteiger partial charge >= 0.3 is 0 Å². The summed E-state index contributed by atoms with van der Waals surface area (Å²) >= 11 is 0. The molecule has 0 aliphatic rings. The quantitative estimate of drug-likeness (QED) is 0.753. The molecule has 0 unspecified atom stereocenters. The van der Waals surface area contributed by atoms with Crippen LogP contribution in [0.2, 0.25) is 0 Å². The molecule has 1 aromatic heterocycles. The van der Waals surface area contributed by atoms with Crippen molar-refractivity contribution in [3.63, 3.8) is 0 Å². The number of carbonyl (C=O) groups excluding carboxylic acids is 1. The Kier molecular flexibility index (Phi) is 4.87. The number of fused-ring (bicyclic) bond motifs is 1. The number of carbonyl (C=O) groups is 1. The Hall–Kier alpha value is -2.72. The van der Waals surface area contributed by atoms with E-state index in [9.17, 15) is 4.79 Å². The van der Waals surface area contributed by atoms with Crippen molar-refractivity contribution < 1.29 is 9.69 Å². The maximum Gasteiger partial charge on any atom is 0.252 e. The van der Waals surface area contributed by atoms with Crippen molar-refractivity contribution in [3.8, 4) is 11.3 Å². The first kappa shape index (κ1) is 16.1. The molecule has 0 spiro atoms. The van der Waals surface area contributed by atoms with E-state index >= 15 is 0 Å². The summed E-state index contributed by atoms with van der Waals surface area (Å²) in [5.74, 6) is -0.0490. The molecule has 1 heterocycles. The van der Waals surface area contributed by atoms with Gasteiger partial charge in [-0.2, -0.15) is 0 Å². The van der Waals surface area contributed by atoms with Crippen molar-refractivity contribution in [2.75, 3.05) is 27.2 Å². The van der Waals surface area contributed by atoms with E-state index in [2.05, 4.69) is 19.4 Å². The van der Waals surface area contributed by atoms with Crippen molar-refractivity contribution in [3.05, 3.63) is 66.2 Å². The van der Waals surface area contributed by atoms with E-state index in [-0.39, 0.29) is 5.91 Å². The van der Waals surface area contributed by atoms with E-state index in [4.69, 9.17) is 4.98 Å². The van der Waals surface area contributed by atoms with Gasteiger partial charge in [0.05, 0.1) is 44.0 Å². The Morgan fingerprint density at radius 2 is 1.75 bits per heavy atom. The Morgan fingerprint density at radius 1 is 1.04 bits per heavy atom. The predicted octanol–water partition coefficient (Wildman–Crippen LogP) is 1.78. The van der Waals surface area contributed by atoms with Crippen molar-refractivity contribution in [2.45, 2.75) is 0 Å². The SMILES string of the molecule is C[NH+](C)CCNC(=O)c1cc(-c2ccccc2)nc2ccccc12. The highest BCUT2D eigenvalue weighted by molar-refractivity contribution is 6.07. The molecule has 0 saturated carbocycles. The second-order valence-corrected chi connectivity index (χ2v) is 6.15. The van der Waals surface area contributed by atoms with Crippen LogP contribution in [-0.4, -0.2) is 38.1 Å². The number of para-hydroxylation sites is 1. The minimum Gasteiger partial charge on any atom is -0.346 e. The number of pyridine rings is 1. The molecule has 24 heavy (non-hydrogen) atoms. The average molecular weight is 320 g/mol. The summed E-state index contributed by atoms with van der Waals surface area (Å²) in [6.45, 7) is 1.54. The molecule has 3 aromatic rings. The number of rotatable bonds is 5. The minimum atomic E-state index is -0.0490. The predicted molar refractivity (Wildman–Crippen MR) is 97.2 cm³/mol. The Labute approximate surface area is 142 Å². The fourth-order valence-electron chi connectivity index (χ4n) is 2.64. The Bertz CT molecular complexity index is 844. The van der Waals surface area contributed by atoms with Gasteiger partial charge in [-0.1, -0.05) is 48.5 Å². The van der Waals surface area contributed by atoms with Gasteiger partial charge in [0.1, 0.15) is 0 Å². The van der Waals surface area contributed by atoms with Gasteiger partial charge in [0.25, 0.3) is 5.91 Å². The van der Waals surface area contributed by atoms with Crippen LogP contribution in [0.25, 0.3) is 22.2 Å². The summed E-state index contributed by atoms with van der Waals surface area (Å²) in [5.41, 5.74) is 3.34. The molecular weight excluding hydrogens is 298 g/mol. The standard InChI is InChI=1S/C20H21N3O/c1-23(2)13-12-21-20(24)17-14-19(15-8-4-3-5-9-15)22-18-11-7-6-10-16(17)18/h3-11,14H,12-13H2,1-2H3,(H,21,24)/p+1. The topological polar surface area (TPSA) is 46.4 Å². The lowest BCUT2D eigenvalue weighted by Crippen LogP contribution is -3.06. The largest absolute Gasteiger partial charge is 0.346 e. The lowest BCUT2D eigenvalue weighted by Gasteiger charge is -2.11. The smallest absolute Gasteiger partial charge is 0.252 e. The molecule has 0 bridgehead atoms. The van der Waals surface area contributed by atoms with Gasteiger partial charge in [0.2, 0.25) is 0 Å². The summed E-state index contributed by atoms with van der Waals surface area (Å²) in [4.78, 5) is 18.7. The summed E-state index contributed by atoms with van der Waals surface area (Å²) in [7, 11) is 4.14. The van der Waals surface area contributed by atoms with Crippen molar-refractivity contribution in [2.24, 2.45) is 0 Å². The van der Waals surface area contributed by atoms with E-state index < -0.39 is 0 Å². The first-order valence-corrected chi connectivity index (χ1v) is 8.17. The summed E-state index contributed by atoms with van der Waals surface area (Å²) in [6, 6.07) is 19.6. The molecule has 122 valence electrons. The first-order valence-electron chi connectivity index (χ1n) is 8.17. The van der Waals surface area contributed by atoms with E-state index in [1.807, 2.05) is 60.7 Å². The fraction of sp³-hybridized carbons (Fsp3) is 0.200. The van der Waals surface area contributed by atoms with Crippen molar-refractivity contribution in [1.82, 2.24) is 10.3 Å². The Balaban J connectivity index is 2.00. The Morgan fingerprint density at radius 3 is 2.50 bits per heavy atom. The summed E-state index contributed by atoms with van der Waals surface area (Å²) < 4.78 is 0. The van der Waals surface area contributed by atoms with Crippen LogP contribution >= 0.6 is 0 Å². The van der Waals surface area contributed by atoms with Crippen LogP contribution in [0, 0.1) is 0 Å². The molecule has 0 atom stereocenters. The number of benzene rings is 2. The highest BCUT2D eigenvalue weighted by Crippen LogP contribution is 2.24. The van der Waals surface area contributed by atoms with Crippen LogP contribution < -0.4 is 10.2 Å². The van der Waals surface area contributed by atoms with Gasteiger partial charge in [-0.05, 0) is 12.1 Å². The molecule has 0 aliphatic carbocycles. The van der Waals surface area contributed by atoms with Gasteiger partial charge in [0.15, 0.2) is 0 Å². The monoisotopic (exact) mass is 320 g/mol. The summed E-state index contributed by atoms with van der Waals surface area (Å²) in [5, 5.41) is 3.89. The van der Waals surface area contributed by atoms with E-state index in [1.165, 1.54) is 4.90 Å². The molecule has 0 radical (unpaired) electrons. The van der Waals surface area contributed by atoms with Crippen LogP contribution in [0.1, 0.15) is 10.4 Å². The average Bonchev–Trinajstić information content (AvgIpc) is 2.61. The van der Waals surface area contributed by atoms with E-state index in [0.717, 1.165) is 28.7 Å². The number of aromatic nitrogens is 1. The molecule has 0 fully saturated rings. The number of hydrogen-bond acceptors (Lipinski definition) is 2. The van der Waals surface area contributed by atoms with Gasteiger partial charge < -0.3 is 10.2 Å². The lowest BCUT2D eigenvalue weighted by molar-refractivity contribution is -0.856. The fourth-order valence-corrected chi connectivity index (χ4v) is 2.64. The molecule has 2 N–H and O–H groups in total. The van der Waals surface area contributed by atoms with Gasteiger partial charge in [0, 0.05) is 10.9 Å². The molecule has 2 aromatic carbocycles. The number of amides is 1. The summed E-state index contributed by atoms with van der Waals surface area (Å²) in [6.07, 6.45) is 0.